The van der Waals surface area contributed by atoms with Crippen molar-refractivity contribution in [3.05, 3.63) is 66.4 Å². The molecule has 1 heterocycles. The van der Waals surface area contributed by atoms with Gasteiger partial charge in [-0.2, -0.15) is 0 Å². The molecule has 0 spiro atoms. The molecule has 1 amide bonds. The molecular formula is C15H12N2O2. The number of hydrogen-bond donors (Lipinski definition) is 2. The van der Waals surface area contributed by atoms with Crippen LogP contribution in [0.25, 0.3) is 5.57 Å². The summed E-state index contributed by atoms with van der Waals surface area (Å²) in [5.41, 5.74) is 4.95. The molecule has 0 aliphatic carbocycles. The van der Waals surface area contributed by atoms with Crippen LogP contribution in [0.1, 0.15) is 5.56 Å². The van der Waals surface area contributed by atoms with Gasteiger partial charge in [-0.1, -0.05) is 36.4 Å². The summed E-state index contributed by atoms with van der Waals surface area (Å²) in [4.78, 5) is 17.1. The van der Waals surface area contributed by atoms with E-state index in [4.69, 9.17) is 4.84 Å². The van der Waals surface area contributed by atoms with Gasteiger partial charge in [-0.25, -0.2) is 5.48 Å². The zero-order valence-electron chi connectivity index (χ0n) is 10.1. The Morgan fingerprint density at radius 2 is 1.74 bits per heavy atom. The smallest absolute Gasteiger partial charge is 0.257 e. The van der Waals surface area contributed by atoms with Crippen molar-refractivity contribution in [2.75, 3.05) is 5.32 Å². The molecule has 2 aromatic carbocycles. The molecule has 0 radical (unpaired) electrons. The maximum Gasteiger partial charge on any atom is 0.257 e. The Hall–Kier alpha value is -2.75. The average Bonchev–Trinajstić information content (AvgIpc) is 2.76. The highest BCUT2D eigenvalue weighted by molar-refractivity contribution is 6.31. The number of benzene rings is 2. The predicted octanol–water partition coefficient (Wildman–Crippen LogP) is 2.56. The molecule has 1 aliphatic rings. The number of nitrogens with one attached hydrogen (secondary N) is 2. The highest BCUT2D eigenvalue weighted by Gasteiger charge is 2.23. The molecular weight excluding hydrogens is 240 g/mol. The Bertz CT molecular complexity index is 636. The van der Waals surface area contributed by atoms with Crippen LogP contribution in [0.5, 0.6) is 5.75 Å². The van der Waals surface area contributed by atoms with Gasteiger partial charge in [0.1, 0.15) is 0 Å². The number of carbonyl (C=O) groups excluding carboxylic acids is 1. The monoisotopic (exact) mass is 252 g/mol. The van der Waals surface area contributed by atoms with E-state index in [1.807, 2.05) is 54.6 Å². The van der Waals surface area contributed by atoms with Gasteiger partial charge in [0, 0.05) is 17.5 Å². The molecule has 0 aromatic heterocycles. The standard InChI is InChI=1S/C15H12N2O2/c18-15-13(12-8-4-5-9-14(12)17-15)10-16-19-11-6-2-1-3-7-11/h1-10,16H,(H,17,18). The minimum absolute atomic E-state index is 0.134. The lowest BCUT2D eigenvalue weighted by molar-refractivity contribution is -0.110. The Balaban J connectivity index is 1.76. The third-order valence-corrected chi connectivity index (χ3v) is 2.83. The van der Waals surface area contributed by atoms with Gasteiger partial charge < -0.3 is 10.2 Å². The van der Waals surface area contributed by atoms with Crippen LogP contribution in [0, 0.1) is 0 Å². The van der Waals surface area contributed by atoms with Gasteiger partial charge in [0.25, 0.3) is 5.91 Å². The quantitative estimate of drug-likeness (QED) is 0.652. The molecule has 19 heavy (non-hydrogen) atoms. The first-order valence-electron chi connectivity index (χ1n) is 5.93. The second kappa shape index (κ2) is 4.86. The van der Waals surface area contributed by atoms with E-state index in [1.54, 1.807) is 6.20 Å². The maximum atomic E-state index is 11.8. The molecule has 3 rings (SSSR count). The number of hydroxylamine groups is 1. The molecule has 4 nitrogen and oxygen atoms in total. The molecule has 0 fully saturated rings. The molecule has 4 heteroatoms. The number of rotatable bonds is 3. The van der Waals surface area contributed by atoms with Crippen LogP contribution < -0.4 is 15.6 Å². The summed E-state index contributed by atoms with van der Waals surface area (Å²) in [6.45, 7) is 0. The van der Waals surface area contributed by atoms with Gasteiger partial charge in [0.05, 0.1) is 5.57 Å². The topological polar surface area (TPSA) is 50.4 Å². The van der Waals surface area contributed by atoms with Crippen LogP contribution in [-0.4, -0.2) is 5.91 Å². The highest BCUT2D eigenvalue weighted by Crippen LogP contribution is 2.30. The van der Waals surface area contributed by atoms with Crippen molar-refractivity contribution in [2.45, 2.75) is 0 Å². The Labute approximate surface area is 110 Å². The summed E-state index contributed by atoms with van der Waals surface area (Å²) in [5.74, 6) is 0.552. The molecule has 2 N–H and O–H groups in total. The van der Waals surface area contributed by atoms with Gasteiger partial charge >= 0.3 is 0 Å². The fraction of sp³-hybridized carbons (Fsp3) is 0. The van der Waals surface area contributed by atoms with Crippen LogP contribution in [-0.2, 0) is 4.79 Å². The number of fused-ring (bicyclic) bond motifs is 1. The Morgan fingerprint density at radius 1 is 1.00 bits per heavy atom. The molecule has 0 atom stereocenters. The fourth-order valence-corrected chi connectivity index (χ4v) is 1.93. The Morgan fingerprint density at radius 3 is 2.58 bits per heavy atom. The van der Waals surface area contributed by atoms with Crippen molar-refractivity contribution < 1.29 is 9.63 Å². The number of para-hydroxylation sites is 2. The maximum absolute atomic E-state index is 11.8. The van der Waals surface area contributed by atoms with Crippen LogP contribution in [0.2, 0.25) is 0 Å². The van der Waals surface area contributed by atoms with Crippen LogP contribution in [0.3, 0.4) is 0 Å². The number of amides is 1. The molecule has 2 aromatic rings. The first-order valence-corrected chi connectivity index (χ1v) is 5.93. The summed E-state index contributed by atoms with van der Waals surface area (Å²) in [5, 5.41) is 2.79. The first-order chi connectivity index (χ1) is 9.34. The van der Waals surface area contributed by atoms with E-state index in [9.17, 15) is 4.79 Å². The number of hydrogen-bond acceptors (Lipinski definition) is 3. The molecule has 0 saturated carbocycles. The molecule has 0 saturated heterocycles. The van der Waals surface area contributed by atoms with Crippen molar-refractivity contribution in [1.29, 1.82) is 0 Å². The summed E-state index contributed by atoms with van der Waals surface area (Å²) < 4.78 is 0. The minimum Gasteiger partial charge on any atom is -0.383 e. The summed E-state index contributed by atoms with van der Waals surface area (Å²) >= 11 is 0. The van der Waals surface area contributed by atoms with Crippen LogP contribution in [0.4, 0.5) is 5.69 Å². The molecule has 1 aliphatic heterocycles. The highest BCUT2D eigenvalue weighted by atomic mass is 16.6. The average molecular weight is 252 g/mol. The lowest BCUT2D eigenvalue weighted by Crippen LogP contribution is -2.13. The number of carbonyl (C=O) groups is 1. The summed E-state index contributed by atoms with van der Waals surface area (Å²) in [6.07, 6.45) is 1.56. The lowest BCUT2D eigenvalue weighted by atomic mass is 10.1. The van der Waals surface area contributed by atoms with Crippen molar-refractivity contribution in [2.24, 2.45) is 0 Å². The van der Waals surface area contributed by atoms with Crippen LogP contribution >= 0.6 is 0 Å². The summed E-state index contributed by atoms with van der Waals surface area (Å²) in [7, 11) is 0. The van der Waals surface area contributed by atoms with E-state index in [-0.39, 0.29) is 5.91 Å². The van der Waals surface area contributed by atoms with Crippen LogP contribution in [0.15, 0.2) is 60.8 Å². The largest absolute Gasteiger partial charge is 0.383 e. The molecule has 0 unspecified atom stereocenters. The third-order valence-electron chi connectivity index (χ3n) is 2.83. The van der Waals surface area contributed by atoms with Gasteiger partial charge in [-0.3, -0.25) is 4.79 Å². The number of anilines is 1. The SMILES string of the molecule is O=C1Nc2ccccc2C1=CNOc1ccccc1. The predicted molar refractivity (Wildman–Crippen MR) is 73.3 cm³/mol. The summed E-state index contributed by atoms with van der Waals surface area (Å²) in [6, 6.07) is 16.9. The Kier molecular flexibility index (Phi) is 2.90. The second-order valence-electron chi connectivity index (χ2n) is 4.09. The van der Waals surface area contributed by atoms with E-state index in [0.29, 0.717) is 11.3 Å². The fourth-order valence-electron chi connectivity index (χ4n) is 1.93. The van der Waals surface area contributed by atoms with E-state index in [2.05, 4.69) is 10.8 Å². The van der Waals surface area contributed by atoms with Gasteiger partial charge in [-0.05, 0) is 18.2 Å². The third kappa shape index (κ3) is 2.28. The zero-order chi connectivity index (χ0) is 13.1. The van der Waals surface area contributed by atoms with E-state index < -0.39 is 0 Å². The van der Waals surface area contributed by atoms with Gasteiger partial charge in [0.15, 0.2) is 5.75 Å². The molecule has 0 bridgehead atoms. The first kappa shape index (κ1) is 11.3. The van der Waals surface area contributed by atoms with Gasteiger partial charge in [-0.15, -0.1) is 0 Å². The van der Waals surface area contributed by atoms with Crippen molar-refractivity contribution in [3.63, 3.8) is 0 Å². The zero-order valence-corrected chi connectivity index (χ0v) is 10.1. The second-order valence-corrected chi connectivity index (χ2v) is 4.09. The van der Waals surface area contributed by atoms with E-state index >= 15 is 0 Å². The molecule has 94 valence electrons. The lowest BCUT2D eigenvalue weighted by Gasteiger charge is -2.04. The van der Waals surface area contributed by atoms with E-state index in [1.165, 1.54) is 0 Å². The normalized spacial score (nSPS) is 14.9. The van der Waals surface area contributed by atoms with Crippen molar-refractivity contribution >= 4 is 17.2 Å². The van der Waals surface area contributed by atoms with Crippen molar-refractivity contribution in [3.8, 4) is 5.75 Å². The minimum atomic E-state index is -0.134. The van der Waals surface area contributed by atoms with Crippen molar-refractivity contribution in [1.82, 2.24) is 5.48 Å². The van der Waals surface area contributed by atoms with E-state index in [0.717, 1.165) is 11.3 Å². The van der Waals surface area contributed by atoms with Gasteiger partial charge in [0.2, 0.25) is 0 Å².